The number of hydrogen-bond donors (Lipinski definition) is 1. The second-order valence-electron chi connectivity index (χ2n) is 3.99. The van der Waals surface area contributed by atoms with E-state index in [1.54, 1.807) is 32.4 Å². The number of carboxylic acids is 1. The van der Waals surface area contributed by atoms with Crippen molar-refractivity contribution >= 4 is 5.97 Å². The molecule has 1 aromatic carbocycles. The van der Waals surface area contributed by atoms with Crippen LogP contribution in [0.3, 0.4) is 0 Å². The van der Waals surface area contributed by atoms with E-state index >= 15 is 0 Å². The Morgan fingerprint density at radius 1 is 1.19 bits per heavy atom. The maximum Gasteiger partial charge on any atom is 0.314 e. The van der Waals surface area contributed by atoms with Gasteiger partial charge in [-0.25, -0.2) is 0 Å². The molecule has 0 amide bonds. The molecular formula is C12H14O4. The molecule has 1 saturated carbocycles. The Labute approximate surface area is 93.8 Å². The molecule has 1 fully saturated rings. The number of carboxylic acid groups (broad SMARTS) is 1. The van der Waals surface area contributed by atoms with Gasteiger partial charge in [-0.3, -0.25) is 4.79 Å². The molecule has 1 aromatic rings. The van der Waals surface area contributed by atoms with Crippen LogP contribution in [0.5, 0.6) is 11.5 Å². The fourth-order valence-electron chi connectivity index (χ4n) is 1.83. The van der Waals surface area contributed by atoms with Crippen molar-refractivity contribution in [1.82, 2.24) is 0 Å². The monoisotopic (exact) mass is 222 g/mol. The van der Waals surface area contributed by atoms with Gasteiger partial charge >= 0.3 is 5.97 Å². The molecule has 0 spiro atoms. The van der Waals surface area contributed by atoms with Crippen LogP contribution in [0.1, 0.15) is 18.4 Å². The second-order valence-corrected chi connectivity index (χ2v) is 3.99. The predicted octanol–water partition coefficient (Wildman–Crippen LogP) is 1.82. The summed E-state index contributed by atoms with van der Waals surface area (Å²) < 4.78 is 10.3. The van der Waals surface area contributed by atoms with E-state index in [1.807, 2.05) is 0 Å². The van der Waals surface area contributed by atoms with Crippen LogP contribution >= 0.6 is 0 Å². The first-order chi connectivity index (χ1) is 7.62. The highest BCUT2D eigenvalue weighted by Crippen LogP contribution is 2.49. The lowest BCUT2D eigenvalue weighted by molar-refractivity contribution is -0.140. The summed E-state index contributed by atoms with van der Waals surface area (Å²) in [6.45, 7) is 0. The van der Waals surface area contributed by atoms with Crippen molar-refractivity contribution in [1.29, 1.82) is 0 Å². The van der Waals surface area contributed by atoms with Crippen molar-refractivity contribution in [2.45, 2.75) is 18.3 Å². The highest BCUT2D eigenvalue weighted by molar-refractivity contribution is 5.85. The van der Waals surface area contributed by atoms with Gasteiger partial charge in [-0.1, -0.05) is 0 Å². The number of hydrogen-bond acceptors (Lipinski definition) is 3. The molecule has 1 N–H and O–H groups in total. The molecule has 0 bridgehead atoms. The van der Waals surface area contributed by atoms with Crippen LogP contribution in [0.25, 0.3) is 0 Å². The molecule has 4 heteroatoms. The SMILES string of the molecule is COc1cc(OC)cc(C2(C(=O)O)CC2)c1. The zero-order valence-corrected chi connectivity index (χ0v) is 9.32. The van der Waals surface area contributed by atoms with Gasteiger partial charge in [0, 0.05) is 6.07 Å². The fraction of sp³-hybridized carbons (Fsp3) is 0.417. The minimum atomic E-state index is -0.775. The Morgan fingerprint density at radius 3 is 2.00 bits per heavy atom. The first-order valence-corrected chi connectivity index (χ1v) is 5.09. The van der Waals surface area contributed by atoms with E-state index in [9.17, 15) is 9.90 Å². The van der Waals surface area contributed by atoms with Crippen molar-refractivity contribution in [3.63, 3.8) is 0 Å². The minimum absolute atomic E-state index is 0.627. The van der Waals surface area contributed by atoms with Crippen LogP contribution in [-0.2, 0) is 10.2 Å². The Morgan fingerprint density at radius 2 is 1.69 bits per heavy atom. The van der Waals surface area contributed by atoms with Gasteiger partial charge in [0.2, 0.25) is 0 Å². The van der Waals surface area contributed by atoms with Crippen LogP contribution in [0.2, 0.25) is 0 Å². The van der Waals surface area contributed by atoms with Crippen LogP contribution in [0.15, 0.2) is 18.2 Å². The molecule has 1 aliphatic rings. The lowest BCUT2D eigenvalue weighted by atomic mass is 9.96. The molecule has 2 rings (SSSR count). The largest absolute Gasteiger partial charge is 0.497 e. The molecule has 86 valence electrons. The summed E-state index contributed by atoms with van der Waals surface area (Å²) in [6, 6.07) is 5.27. The number of methoxy groups -OCH3 is 2. The van der Waals surface area contributed by atoms with Gasteiger partial charge in [-0.2, -0.15) is 0 Å². The van der Waals surface area contributed by atoms with Crippen LogP contribution in [0, 0.1) is 0 Å². The van der Waals surface area contributed by atoms with Gasteiger partial charge in [-0.05, 0) is 30.5 Å². The van der Waals surface area contributed by atoms with Crippen molar-refractivity contribution in [3.05, 3.63) is 23.8 Å². The molecule has 0 aliphatic heterocycles. The molecule has 0 heterocycles. The first kappa shape index (κ1) is 10.8. The normalized spacial score (nSPS) is 16.6. The van der Waals surface area contributed by atoms with Crippen molar-refractivity contribution in [3.8, 4) is 11.5 Å². The average Bonchev–Trinajstić information content (AvgIpc) is 3.09. The molecule has 1 aliphatic carbocycles. The summed E-state index contributed by atoms with van der Waals surface area (Å²) in [6.07, 6.45) is 1.36. The quantitative estimate of drug-likeness (QED) is 0.844. The Kier molecular flexibility index (Phi) is 2.50. The van der Waals surface area contributed by atoms with Crippen LogP contribution in [-0.4, -0.2) is 25.3 Å². The van der Waals surface area contributed by atoms with E-state index in [4.69, 9.17) is 9.47 Å². The number of rotatable bonds is 4. The maximum atomic E-state index is 11.2. The third kappa shape index (κ3) is 1.60. The van der Waals surface area contributed by atoms with Crippen molar-refractivity contribution in [2.24, 2.45) is 0 Å². The third-order valence-corrected chi connectivity index (χ3v) is 3.06. The second kappa shape index (κ2) is 3.70. The van der Waals surface area contributed by atoms with E-state index in [0.717, 1.165) is 5.56 Å². The summed E-state index contributed by atoms with van der Waals surface area (Å²) in [5, 5.41) is 9.20. The Hall–Kier alpha value is -1.71. The predicted molar refractivity (Wildman–Crippen MR) is 58.1 cm³/mol. The highest BCUT2D eigenvalue weighted by atomic mass is 16.5. The topological polar surface area (TPSA) is 55.8 Å². The molecule has 0 unspecified atom stereocenters. The molecule has 0 aromatic heterocycles. The first-order valence-electron chi connectivity index (χ1n) is 5.09. The smallest absolute Gasteiger partial charge is 0.314 e. The summed E-state index contributed by atoms with van der Waals surface area (Å²) in [5.41, 5.74) is 0.0400. The molecule has 16 heavy (non-hydrogen) atoms. The zero-order valence-electron chi connectivity index (χ0n) is 9.32. The lowest BCUT2D eigenvalue weighted by Gasteiger charge is -2.13. The Bertz CT molecular complexity index is 399. The summed E-state index contributed by atoms with van der Waals surface area (Å²) in [7, 11) is 3.11. The van der Waals surface area contributed by atoms with Crippen molar-refractivity contribution < 1.29 is 19.4 Å². The van der Waals surface area contributed by atoms with Crippen molar-refractivity contribution in [2.75, 3.05) is 14.2 Å². The van der Waals surface area contributed by atoms with Gasteiger partial charge in [-0.15, -0.1) is 0 Å². The van der Waals surface area contributed by atoms with Gasteiger partial charge in [0.15, 0.2) is 0 Å². The van der Waals surface area contributed by atoms with Gasteiger partial charge in [0.25, 0.3) is 0 Å². The number of aliphatic carboxylic acids is 1. The van der Waals surface area contributed by atoms with E-state index in [0.29, 0.717) is 24.3 Å². The van der Waals surface area contributed by atoms with Gasteiger partial charge in [0.05, 0.1) is 19.6 Å². The highest BCUT2D eigenvalue weighted by Gasteiger charge is 2.52. The third-order valence-electron chi connectivity index (χ3n) is 3.06. The lowest BCUT2D eigenvalue weighted by Crippen LogP contribution is -2.19. The molecule has 0 radical (unpaired) electrons. The number of benzene rings is 1. The zero-order chi connectivity index (χ0) is 11.8. The number of ether oxygens (including phenoxy) is 2. The number of carbonyl (C=O) groups is 1. The minimum Gasteiger partial charge on any atom is -0.497 e. The van der Waals surface area contributed by atoms with E-state index in [2.05, 4.69) is 0 Å². The standard InChI is InChI=1S/C12H14O4/c1-15-9-5-8(6-10(7-9)16-2)12(3-4-12)11(13)14/h5-7H,3-4H2,1-2H3,(H,13,14). The molecule has 4 nitrogen and oxygen atoms in total. The van der Waals surface area contributed by atoms with Gasteiger partial charge in [0.1, 0.15) is 11.5 Å². The summed E-state index contributed by atoms with van der Waals surface area (Å²) in [5.74, 6) is 0.478. The molecule has 0 saturated heterocycles. The summed E-state index contributed by atoms with van der Waals surface area (Å²) >= 11 is 0. The van der Waals surface area contributed by atoms with Gasteiger partial charge < -0.3 is 14.6 Å². The average molecular weight is 222 g/mol. The van der Waals surface area contributed by atoms with E-state index in [-0.39, 0.29) is 0 Å². The van der Waals surface area contributed by atoms with E-state index in [1.165, 1.54) is 0 Å². The Balaban J connectivity index is 2.44. The van der Waals surface area contributed by atoms with E-state index < -0.39 is 11.4 Å². The molecular weight excluding hydrogens is 208 g/mol. The van der Waals surface area contributed by atoms with Crippen LogP contribution < -0.4 is 9.47 Å². The molecule has 0 atom stereocenters. The van der Waals surface area contributed by atoms with Crippen LogP contribution in [0.4, 0.5) is 0 Å². The maximum absolute atomic E-state index is 11.2. The fourth-order valence-corrected chi connectivity index (χ4v) is 1.83. The summed E-state index contributed by atoms with van der Waals surface area (Å²) in [4.78, 5) is 11.2.